The van der Waals surface area contributed by atoms with Gasteiger partial charge in [0.25, 0.3) is 0 Å². The summed E-state index contributed by atoms with van der Waals surface area (Å²) in [5.74, 6) is -0.295. The highest BCUT2D eigenvalue weighted by atomic mass is 35.5. The number of benzodiazepines with no additional fused rings is 1. The highest BCUT2D eigenvalue weighted by molar-refractivity contribution is 6.32. The van der Waals surface area contributed by atoms with Crippen molar-refractivity contribution in [3.05, 3.63) is 64.7 Å². The molecule has 0 bridgehead atoms. The Balaban J connectivity index is 2.16. The minimum absolute atomic E-state index is 0.0918. The fourth-order valence-corrected chi connectivity index (χ4v) is 3.46. The molecule has 0 radical (unpaired) electrons. The maximum atomic E-state index is 12.9. The summed E-state index contributed by atoms with van der Waals surface area (Å²) in [6, 6.07) is 14.7. The molecule has 7 heteroatoms. The van der Waals surface area contributed by atoms with E-state index in [-0.39, 0.29) is 19.0 Å². The number of hydrogen-bond acceptors (Lipinski definition) is 4. The number of benzene rings is 2. The van der Waals surface area contributed by atoms with Crippen molar-refractivity contribution < 1.29 is 14.7 Å². The van der Waals surface area contributed by atoms with Gasteiger partial charge in [-0.2, -0.15) is 0 Å². The van der Waals surface area contributed by atoms with Gasteiger partial charge in [-0.3, -0.25) is 14.7 Å². The van der Waals surface area contributed by atoms with Crippen LogP contribution in [-0.4, -0.2) is 41.9 Å². The first kappa shape index (κ1) is 18.9. The summed E-state index contributed by atoms with van der Waals surface area (Å²) in [7, 11) is 0. The van der Waals surface area contributed by atoms with E-state index in [9.17, 15) is 14.7 Å². The number of carbonyl (C=O) groups is 2. The number of rotatable bonds is 4. The summed E-state index contributed by atoms with van der Waals surface area (Å²) in [6.45, 7) is 3.46. The number of nitrogens with zero attached hydrogens (tertiary/aromatic N) is 3. The maximum absolute atomic E-state index is 12.9. The van der Waals surface area contributed by atoms with E-state index in [0.717, 1.165) is 10.5 Å². The summed E-state index contributed by atoms with van der Waals surface area (Å²) in [5, 5.41) is 12.0. The normalized spacial score (nSPS) is 14.9. The Hall–Kier alpha value is -2.86. The molecule has 27 heavy (non-hydrogen) atoms. The second-order valence-electron chi connectivity index (χ2n) is 6.14. The van der Waals surface area contributed by atoms with E-state index < -0.39 is 12.3 Å². The van der Waals surface area contributed by atoms with Crippen LogP contribution in [0.4, 0.5) is 10.5 Å². The Kier molecular flexibility index (Phi) is 5.46. The number of aliphatic imine (C=N–C) groups is 1. The lowest BCUT2D eigenvalue weighted by Gasteiger charge is -2.38. The first-order valence-electron chi connectivity index (χ1n) is 8.63. The lowest BCUT2D eigenvalue weighted by Crippen LogP contribution is -2.55. The van der Waals surface area contributed by atoms with Crippen LogP contribution < -0.4 is 10.0 Å². The second-order valence-corrected chi connectivity index (χ2v) is 6.58. The Labute approximate surface area is 162 Å². The van der Waals surface area contributed by atoms with Gasteiger partial charge in [0, 0.05) is 22.7 Å². The Morgan fingerprint density at radius 2 is 2.00 bits per heavy atom. The van der Waals surface area contributed by atoms with Crippen LogP contribution in [0, 0.1) is 0 Å². The van der Waals surface area contributed by atoms with E-state index in [1.165, 1.54) is 4.90 Å². The van der Waals surface area contributed by atoms with Crippen LogP contribution in [0.15, 0.2) is 53.5 Å². The average molecular weight is 385 g/mol. The quantitative estimate of drug-likeness (QED) is 0.812. The molecular weight excluding hydrogens is 366 g/mol. The van der Waals surface area contributed by atoms with Crippen molar-refractivity contribution in [3.63, 3.8) is 0 Å². The number of hydrogen-bond donors (Lipinski definition) is 0. The van der Waals surface area contributed by atoms with Crippen molar-refractivity contribution in [1.82, 2.24) is 4.90 Å². The Bertz CT molecular complexity index is 899. The van der Waals surface area contributed by atoms with E-state index in [2.05, 4.69) is 4.99 Å². The first-order chi connectivity index (χ1) is 12.9. The van der Waals surface area contributed by atoms with Crippen LogP contribution in [0.25, 0.3) is 0 Å². The molecule has 6 nitrogen and oxygen atoms in total. The van der Waals surface area contributed by atoms with Crippen molar-refractivity contribution >= 4 is 35.0 Å². The number of carbonyl (C=O) groups excluding carboxylic acids is 2. The standard InChI is InChI=1S/C20H20ClN3O3/c1-3-23(20(26)27)13(2)24-17-10-9-15(21)11-16(17)19(22-12-18(24)25)14-7-5-4-6-8-14/h4-11,13H,3,12H2,1-2H3,(H,26,27)/p-1. The molecule has 0 aromatic heterocycles. The van der Waals surface area contributed by atoms with Crippen molar-refractivity contribution in [2.45, 2.75) is 20.0 Å². The van der Waals surface area contributed by atoms with Gasteiger partial charge in [-0.1, -0.05) is 41.9 Å². The molecule has 1 atom stereocenters. The summed E-state index contributed by atoms with van der Waals surface area (Å²) in [5.41, 5.74) is 2.75. The molecule has 1 heterocycles. The van der Waals surface area contributed by atoms with Gasteiger partial charge < -0.3 is 14.8 Å². The smallest absolute Gasteiger partial charge is 0.250 e. The molecule has 1 unspecified atom stereocenters. The summed E-state index contributed by atoms with van der Waals surface area (Å²) < 4.78 is 0. The van der Waals surface area contributed by atoms with E-state index in [0.29, 0.717) is 22.0 Å². The topological polar surface area (TPSA) is 76.0 Å². The number of amides is 2. The van der Waals surface area contributed by atoms with Gasteiger partial charge in [-0.05, 0) is 32.0 Å². The lowest BCUT2D eigenvalue weighted by atomic mass is 10.00. The molecule has 3 rings (SSSR count). The van der Waals surface area contributed by atoms with Gasteiger partial charge in [0.05, 0.1) is 11.4 Å². The molecule has 0 N–H and O–H groups in total. The van der Waals surface area contributed by atoms with E-state index >= 15 is 0 Å². The van der Waals surface area contributed by atoms with E-state index in [1.807, 2.05) is 30.3 Å². The fraction of sp³-hybridized carbons (Fsp3) is 0.250. The third kappa shape index (κ3) is 3.66. The minimum atomic E-state index is -1.33. The highest BCUT2D eigenvalue weighted by Crippen LogP contribution is 2.31. The predicted molar refractivity (Wildman–Crippen MR) is 103 cm³/mol. The third-order valence-corrected chi connectivity index (χ3v) is 4.80. The largest absolute Gasteiger partial charge is 0.530 e. The van der Waals surface area contributed by atoms with Crippen LogP contribution in [0.1, 0.15) is 25.0 Å². The van der Waals surface area contributed by atoms with Crippen LogP contribution in [0.3, 0.4) is 0 Å². The molecule has 0 spiro atoms. The predicted octanol–water partition coefficient (Wildman–Crippen LogP) is 2.54. The van der Waals surface area contributed by atoms with E-state index in [1.54, 1.807) is 32.0 Å². The van der Waals surface area contributed by atoms with Crippen LogP contribution >= 0.6 is 11.6 Å². The number of anilines is 1. The molecule has 0 saturated heterocycles. The molecule has 1 aliphatic rings. The van der Waals surface area contributed by atoms with Crippen molar-refractivity contribution in [3.8, 4) is 0 Å². The third-order valence-electron chi connectivity index (χ3n) is 4.56. The molecule has 2 amide bonds. The van der Waals surface area contributed by atoms with Gasteiger partial charge >= 0.3 is 0 Å². The van der Waals surface area contributed by atoms with Gasteiger partial charge in [0.2, 0.25) is 5.91 Å². The van der Waals surface area contributed by atoms with Crippen molar-refractivity contribution in [1.29, 1.82) is 0 Å². The van der Waals surface area contributed by atoms with Gasteiger partial charge in [0.1, 0.15) is 18.8 Å². The highest BCUT2D eigenvalue weighted by Gasteiger charge is 2.31. The van der Waals surface area contributed by atoms with Gasteiger partial charge in [-0.25, -0.2) is 0 Å². The summed E-state index contributed by atoms with van der Waals surface area (Å²) in [6.07, 6.45) is -2.07. The average Bonchev–Trinajstić information content (AvgIpc) is 2.78. The van der Waals surface area contributed by atoms with Gasteiger partial charge in [-0.15, -0.1) is 0 Å². The Morgan fingerprint density at radius 1 is 1.30 bits per heavy atom. The number of carboxylic acid groups (broad SMARTS) is 1. The fourth-order valence-electron chi connectivity index (χ4n) is 3.29. The van der Waals surface area contributed by atoms with E-state index in [4.69, 9.17) is 11.6 Å². The van der Waals surface area contributed by atoms with Crippen molar-refractivity contribution in [2.75, 3.05) is 18.0 Å². The lowest BCUT2D eigenvalue weighted by molar-refractivity contribution is -0.267. The second kappa shape index (κ2) is 7.80. The molecule has 1 aliphatic heterocycles. The van der Waals surface area contributed by atoms with Crippen LogP contribution in [-0.2, 0) is 4.79 Å². The van der Waals surface area contributed by atoms with Crippen LogP contribution in [0.2, 0.25) is 5.02 Å². The first-order valence-corrected chi connectivity index (χ1v) is 9.01. The summed E-state index contributed by atoms with van der Waals surface area (Å²) >= 11 is 6.21. The van der Waals surface area contributed by atoms with Gasteiger partial charge in [0.15, 0.2) is 0 Å². The molecule has 0 saturated carbocycles. The number of halogens is 1. The molecule has 140 valence electrons. The molecule has 2 aromatic carbocycles. The van der Waals surface area contributed by atoms with Crippen molar-refractivity contribution in [2.24, 2.45) is 4.99 Å². The molecule has 2 aromatic rings. The minimum Gasteiger partial charge on any atom is -0.530 e. The Morgan fingerprint density at radius 3 is 2.63 bits per heavy atom. The van der Waals surface area contributed by atoms with Crippen LogP contribution in [0.5, 0.6) is 0 Å². The zero-order valence-corrected chi connectivity index (χ0v) is 15.8. The molecular formula is C20H19ClN3O3-. The monoisotopic (exact) mass is 384 g/mol. The zero-order valence-electron chi connectivity index (χ0n) is 15.1. The number of fused-ring (bicyclic) bond motifs is 1. The molecule has 0 fully saturated rings. The SMILES string of the molecule is CCN(C(=O)[O-])C(C)N1C(=O)CN=C(c2ccccc2)c2cc(Cl)ccc21. The summed E-state index contributed by atoms with van der Waals surface area (Å²) in [4.78, 5) is 31.4. The zero-order chi connectivity index (χ0) is 19.6. The maximum Gasteiger partial charge on any atom is 0.250 e. The molecule has 0 aliphatic carbocycles.